The third-order valence-corrected chi connectivity index (χ3v) is 3.93. The topological polar surface area (TPSA) is 81.1 Å². The minimum Gasteiger partial charge on any atom is -0.476 e. The van der Waals surface area contributed by atoms with E-state index in [1.165, 1.54) is 16.0 Å². The van der Waals surface area contributed by atoms with Gasteiger partial charge >= 0.3 is 5.97 Å². The highest BCUT2D eigenvalue weighted by Gasteiger charge is 2.21. The van der Waals surface area contributed by atoms with Crippen LogP contribution >= 0.6 is 27.3 Å². The Kier molecular flexibility index (Phi) is 3.41. The second-order valence-corrected chi connectivity index (χ2v) is 5.66. The molecule has 20 heavy (non-hydrogen) atoms. The molecule has 0 saturated carbocycles. The van der Waals surface area contributed by atoms with Gasteiger partial charge in [0.05, 0.1) is 4.88 Å². The first-order valence-electron chi connectivity index (χ1n) is 5.60. The molecule has 0 aliphatic heterocycles. The molecule has 3 rings (SSSR count). The maximum Gasteiger partial charge on any atom is 0.358 e. The second-order valence-electron chi connectivity index (χ2n) is 3.93. The van der Waals surface area contributed by atoms with E-state index in [9.17, 15) is 9.90 Å². The Morgan fingerprint density at radius 3 is 2.90 bits per heavy atom. The number of nitrogens with zero attached hydrogens (tertiary/aromatic N) is 3. The molecule has 0 radical (unpaired) electrons. The lowest BCUT2D eigenvalue weighted by Crippen LogP contribution is -2.04. The van der Waals surface area contributed by atoms with Crippen molar-refractivity contribution in [1.29, 1.82) is 0 Å². The summed E-state index contributed by atoms with van der Waals surface area (Å²) in [7, 11) is 0. The predicted octanol–water partition coefficient (Wildman–Crippen LogP) is 3.11. The van der Waals surface area contributed by atoms with Gasteiger partial charge < -0.3 is 9.52 Å². The smallest absolute Gasteiger partial charge is 0.358 e. The number of halogens is 1. The van der Waals surface area contributed by atoms with Crippen LogP contribution in [-0.4, -0.2) is 26.1 Å². The van der Waals surface area contributed by atoms with E-state index in [-0.39, 0.29) is 5.69 Å². The van der Waals surface area contributed by atoms with Crippen molar-refractivity contribution < 1.29 is 14.3 Å². The molecule has 102 valence electrons. The zero-order valence-corrected chi connectivity index (χ0v) is 12.4. The van der Waals surface area contributed by atoms with Gasteiger partial charge in [0.1, 0.15) is 18.0 Å². The molecule has 8 heteroatoms. The summed E-state index contributed by atoms with van der Waals surface area (Å²) in [5, 5.41) is 18.7. The van der Waals surface area contributed by atoms with E-state index in [0.717, 1.165) is 4.88 Å². The van der Waals surface area contributed by atoms with Crippen molar-refractivity contribution in [3.05, 3.63) is 45.8 Å². The number of rotatable bonds is 4. The van der Waals surface area contributed by atoms with Gasteiger partial charge in [-0.25, -0.2) is 9.48 Å². The van der Waals surface area contributed by atoms with E-state index in [1.54, 1.807) is 12.1 Å². The van der Waals surface area contributed by atoms with Crippen LogP contribution in [0.4, 0.5) is 0 Å². The summed E-state index contributed by atoms with van der Waals surface area (Å²) in [6.45, 7) is 0.319. The molecule has 6 nitrogen and oxygen atoms in total. The highest BCUT2D eigenvalue weighted by atomic mass is 79.9. The standard InChI is InChI=1S/C12H8BrN3O3S/c13-9-4-3-7(19-9)6-16-11(8-2-1-5-20-8)10(12(17)18)14-15-16/h1-5H,6H2,(H,17,18). The zero-order valence-electron chi connectivity index (χ0n) is 9.99. The van der Waals surface area contributed by atoms with Gasteiger partial charge in [-0.1, -0.05) is 11.3 Å². The number of carbonyl (C=O) groups is 1. The Labute approximate surface area is 125 Å². The number of thiophene rings is 1. The average Bonchev–Trinajstić information content (AvgIpc) is 3.10. The molecule has 0 spiro atoms. The highest BCUT2D eigenvalue weighted by molar-refractivity contribution is 9.10. The van der Waals surface area contributed by atoms with E-state index in [2.05, 4.69) is 26.2 Å². The van der Waals surface area contributed by atoms with E-state index in [1.807, 2.05) is 17.5 Å². The Morgan fingerprint density at radius 1 is 1.45 bits per heavy atom. The van der Waals surface area contributed by atoms with Crippen molar-refractivity contribution in [2.24, 2.45) is 0 Å². The number of aromatic carboxylic acids is 1. The predicted molar refractivity (Wildman–Crippen MR) is 75.8 cm³/mol. The van der Waals surface area contributed by atoms with Crippen LogP contribution in [0.15, 0.2) is 38.7 Å². The van der Waals surface area contributed by atoms with Gasteiger partial charge in [0.25, 0.3) is 0 Å². The minimum atomic E-state index is -1.10. The first-order chi connectivity index (χ1) is 9.65. The molecular formula is C12H8BrN3O3S. The molecule has 0 bridgehead atoms. The van der Waals surface area contributed by atoms with Crippen LogP contribution in [0.2, 0.25) is 0 Å². The number of carboxylic acids is 1. The fourth-order valence-electron chi connectivity index (χ4n) is 1.81. The van der Waals surface area contributed by atoms with E-state index >= 15 is 0 Å². The zero-order chi connectivity index (χ0) is 14.1. The van der Waals surface area contributed by atoms with Crippen LogP contribution in [0.5, 0.6) is 0 Å². The van der Waals surface area contributed by atoms with Gasteiger partial charge in [0, 0.05) is 0 Å². The molecular weight excluding hydrogens is 346 g/mol. The Morgan fingerprint density at radius 2 is 2.30 bits per heavy atom. The lowest BCUT2D eigenvalue weighted by Gasteiger charge is -2.03. The third-order valence-electron chi connectivity index (χ3n) is 2.63. The van der Waals surface area contributed by atoms with Crippen LogP contribution in [0.3, 0.4) is 0 Å². The lowest BCUT2D eigenvalue weighted by atomic mass is 10.2. The van der Waals surface area contributed by atoms with Gasteiger partial charge in [0.2, 0.25) is 0 Å². The third kappa shape index (κ3) is 2.39. The highest BCUT2D eigenvalue weighted by Crippen LogP contribution is 2.28. The summed E-state index contributed by atoms with van der Waals surface area (Å²) in [6.07, 6.45) is 0. The van der Waals surface area contributed by atoms with Crippen LogP contribution < -0.4 is 0 Å². The number of furan rings is 1. The molecule has 0 saturated heterocycles. The maximum absolute atomic E-state index is 11.2. The van der Waals surface area contributed by atoms with Crippen molar-refractivity contribution >= 4 is 33.2 Å². The van der Waals surface area contributed by atoms with Gasteiger partial charge in [-0.15, -0.1) is 16.4 Å². The van der Waals surface area contributed by atoms with Gasteiger partial charge in [-0.2, -0.15) is 0 Å². The molecule has 3 aromatic heterocycles. The summed E-state index contributed by atoms with van der Waals surface area (Å²) in [6, 6.07) is 7.26. The van der Waals surface area contributed by atoms with Crippen LogP contribution in [0, 0.1) is 0 Å². The molecule has 0 aliphatic carbocycles. The molecule has 0 aromatic carbocycles. The summed E-state index contributed by atoms with van der Waals surface area (Å²) < 4.78 is 7.56. The van der Waals surface area contributed by atoms with Gasteiger partial charge in [-0.3, -0.25) is 0 Å². The fourth-order valence-corrected chi connectivity index (χ4v) is 2.92. The normalized spacial score (nSPS) is 10.8. The second kappa shape index (κ2) is 5.22. The van der Waals surface area contributed by atoms with Crippen molar-refractivity contribution in [2.75, 3.05) is 0 Å². The number of carboxylic acid groups (broad SMARTS) is 1. The fraction of sp³-hybridized carbons (Fsp3) is 0.0833. The lowest BCUT2D eigenvalue weighted by molar-refractivity contribution is 0.0691. The molecule has 0 unspecified atom stereocenters. The first-order valence-corrected chi connectivity index (χ1v) is 7.27. The largest absolute Gasteiger partial charge is 0.476 e. The van der Waals surface area contributed by atoms with E-state index < -0.39 is 5.97 Å². The SMILES string of the molecule is O=C(O)c1nnn(Cc2ccc(Br)o2)c1-c1cccs1. The van der Waals surface area contributed by atoms with Crippen LogP contribution in [-0.2, 0) is 6.54 Å². The van der Waals surface area contributed by atoms with Crippen LogP contribution in [0.1, 0.15) is 16.2 Å². The van der Waals surface area contributed by atoms with Crippen LogP contribution in [0.25, 0.3) is 10.6 Å². The van der Waals surface area contributed by atoms with Crippen molar-refractivity contribution in [3.63, 3.8) is 0 Å². The molecule has 3 heterocycles. The van der Waals surface area contributed by atoms with Crippen molar-refractivity contribution in [1.82, 2.24) is 15.0 Å². The molecule has 3 aromatic rings. The van der Waals surface area contributed by atoms with Crippen molar-refractivity contribution in [3.8, 4) is 10.6 Å². The minimum absolute atomic E-state index is 0.0573. The monoisotopic (exact) mass is 353 g/mol. The quantitative estimate of drug-likeness (QED) is 0.779. The van der Waals surface area contributed by atoms with Gasteiger partial charge in [0.15, 0.2) is 10.4 Å². The summed E-state index contributed by atoms with van der Waals surface area (Å²) in [4.78, 5) is 12.0. The van der Waals surface area contributed by atoms with Crippen molar-refractivity contribution in [2.45, 2.75) is 6.54 Å². The molecule has 0 fully saturated rings. The first kappa shape index (κ1) is 13.1. The molecule has 1 N–H and O–H groups in total. The number of hydrogen-bond acceptors (Lipinski definition) is 5. The summed E-state index contributed by atoms with van der Waals surface area (Å²) in [5.74, 6) is -0.434. The Hall–Kier alpha value is -1.93. The van der Waals surface area contributed by atoms with E-state index in [4.69, 9.17) is 4.42 Å². The van der Waals surface area contributed by atoms with E-state index in [0.29, 0.717) is 22.7 Å². The molecule has 0 aliphatic rings. The van der Waals surface area contributed by atoms with Gasteiger partial charge in [-0.05, 0) is 39.5 Å². The Balaban J connectivity index is 2.05. The molecule has 0 atom stereocenters. The maximum atomic E-state index is 11.2. The average molecular weight is 354 g/mol. The summed E-state index contributed by atoms with van der Waals surface area (Å²) in [5.41, 5.74) is 0.429. The number of hydrogen-bond donors (Lipinski definition) is 1. The Bertz CT molecular complexity index is 748. The molecule has 0 amide bonds. The summed E-state index contributed by atoms with van der Waals surface area (Å²) >= 11 is 4.67. The number of aromatic nitrogens is 3.